The van der Waals surface area contributed by atoms with Crippen LogP contribution in [0.2, 0.25) is 0 Å². The first kappa shape index (κ1) is 26.3. The lowest BCUT2D eigenvalue weighted by atomic mass is 10.1. The highest BCUT2D eigenvalue weighted by Gasteiger charge is 2.19. The number of hydrogen-bond donors (Lipinski definition) is 2. The normalized spacial score (nSPS) is 11.8. The highest BCUT2D eigenvalue weighted by atomic mass is 32.2. The molecule has 6 aromatic rings. The van der Waals surface area contributed by atoms with Gasteiger partial charge in [0.2, 0.25) is 11.8 Å². The fourth-order valence-electron chi connectivity index (χ4n) is 4.58. The number of para-hydroxylation sites is 2. The number of nitrogens with one attached hydrogen (secondary N) is 2. The average Bonchev–Trinajstić information content (AvgIpc) is 3.44. The van der Waals surface area contributed by atoms with E-state index in [1.165, 1.54) is 11.8 Å². The standard InChI is InChI=1S/C34H27N3O3S/c1-2-31(33(39)35-26-18-16-23(17-19-26)34-37-29-12-5-6-13-30(29)40-34)41-28-11-7-10-27(21-28)36-32(38)25-15-14-22-8-3-4-9-24(22)20-25/h3-21,31H,2H2,1H3,(H,35,39)(H,36,38). The highest BCUT2D eigenvalue weighted by molar-refractivity contribution is 8.00. The molecule has 0 saturated heterocycles. The summed E-state index contributed by atoms with van der Waals surface area (Å²) >= 11 is 1.47. The van der Waals surface area contributed by atoms with Crippen molar-refractivity contribution in [3.8, 4) is 11.5 Å². The van der Waals surface area contributed by atoms with Gasteiger partial charge in [-0.3, -0.25) is 9.59 Å². The molecule has 1 heterocycles. The van der Waals surface area contributed by atoms with Gasteiger partial charge in [-0.25, -0.2) is 4.98 Å². The molecule has 5 aromatic carbocycles. The zero-order chi connectivity index (χ0) is 28.2. The Morgan fingerprint density at radius 3 is 2.37 bits per heavy atom. The van der Waals surface area contributed by atoms with Gasteiger partial charge in [-0.2, -0.15) is 0 Å². The summed E-state index contributed by atoms with van der Waals surface area (Å²) in [4.78, 5) is 31.5. The number of rotatable bonds is 8. The van der Waals surface area contributed by atoms with E-state index < -0.39 is 0 Å². The Kier molecular flexibility index (Phi) is 7.52. The molecule has 0 bridgehead atoms. The first-order chi connectivity index (χ1) is 20.1. The number of thioether (sulfide) groups is 1. The summed E-state index contributed by atoms with van der Waals surface area (Å²) < 4.78 is 5.84. The van der Waals surface area contributed by atoms with Crippen molar-refractivity contribution in [3.05, 3.63) is 121 Å². The van der Waals surface area contributed by atoms with Gasteiger partial charge in [0, 0.05) is 27.4 Å². The number of benzene rings is 5. The maximum atomic E-state index is 13.1. The van der Waals surface area contributed by atoms with Gasteiger partial charge in [0.25, 0.3) is 5.91 Å². The number of carbonyl (C=O) groups is 2. The number of anilines is 2. The summed E-state index contributed by atoms with van der Waals surface area (Å²) in [5.41, 5.74) is 4.35. The molecule has 202 valence electrons. The summed E-state index contributed by atoms with van der Waals surface area (Å²) in [5, 5.41) is 7.80. The maximum absolute atomic E-state index is 13.1. The molecule has 1 atom stereocenters. The van der Waals surface area contributed by atoms with Crippen molar-refractivity contribution >= 4 is 56.8 Å². The largest absolute Gasteiger partial charge is 0.436 e. The predicted octanol–water partition coefficient (Wildman–Crippen LogP) is 8.41. The number of fused-ring (bicyclic) bond motifs is 2. The fourth-order valence-corrected chi connectivity index (χ4v) is 5.60. The van der Waals surface area contributed by atoms with Crippen LogP contribution in [0.25, 0.3) is 33.3 Å². The quantitative estimate of drug-likeness (QED) is 0.184. The minimum atomic E-state index is -0.307. The number of aromatic nitrogens is 1. The monoisotopic (exact) mass is 557 g/mol. The van der Waals surface area contributed by atoms with E-state index in [1.807, 2.05) is 122 Å². The van der Waals surface area contributed by atoms with Crippen molar-refractivity contribution in [1.29, 1.82) is 0 Å². The van der Waals surface area contributed by atoms with E-state index in [0.717, 1.165) is 32.3 Å². The summed E-state index contributed by atoms with van der Waals surface area (Å²) in [6, 6.07) is 36.3. The van der Waals surface area contributed by atoms with E-state index in [1.54, 1.807) is 0 Å². The van der Waals surface area contributed by atoms with Crippen LogP contribution < -0.4 is 10.6 Å². The highest BCUT2D eigenvalue weighted by Crippen LogP contribution is 2.30. The second-order valence-electron chi connectivity index (χ2n) is 9.61. The maximum Gasteiger partial charge on any atom is 0.255 e. The second-order valence-corrected chi connectivity index (χ2v) is 10.9. The van der Waals surface area contributed by atoms with E-state index in [4.69, 9.17) is 4.42 Å². The third-order valence-corrected chi connectivity index (χ3v) is 8.10. The zero-order valence-electron chi connectivity index (χ0n) is 22.3. The van der Waals surface area contributed by atoms with Crippen molar-refractivity contribution in [2.24, 2.45) is 0 Å². The molecule has 2 N–H and O–H groups in total. The summed E-state index contributed by atoms with van der Waals surface area (Å²) in [6.07, 6.45) is 0.644. The van der Waals surface area contributed by atoms with Crippen LogP contribution in [0.5, 0.6) is 0 Å². The molecule has 0 fully saturated rings. The van der Waals surface area contributed by atoms with E-state index in [9.17, 15) is 9.59 Å². The smallest absolute Gasteiger partial charge is 0.255 e. The van der Waals surface area contributed by atoms with Crippen molar-refractivity contribution in [1.82, 2.24) is 4.98 Å². The third-order valence-electron chi connectivity index (χ3n) is 6.74. The van der Waals surface area contributed by atoms with Crippen LogP contribution in [-0.2, 0) is 4.79 Å². The molecule has 41 heavy (non-hydrogen) atoms. The van der Waals surface area contributed by atoms with Gasteiger partial charge in [-0.1, -0.05) is 55.5 Å². The molecule has 6 nitrogen and oxygen atoms in total. The Balaban J connectivity index is 1.09. The van der Waals surface area contributed by atoms with Crippen LogP contribution in [0.15, 0.2) is 125 Å². The van der Waals surface area contributed by atoms with E-state index in [-0.39, 0.29) is 17.1 Å². The molecule has 0 saturated carbocycles. The van der Waals surface area contributed by atoms with E-state index in [2.05, 4.69) is 15.6 Å². The van der Waals surface area contributed by atoms with Crippen LogP contribution in [0, 0.1) is 0 Å². The van der Waals surface area contributed by atoms with E-state index >= 15 is 0 Å². The molecular weight excluding hydrogens is 530 g/mol. The SMILES string of the molecule is CCC(Sc1cccc(NC(=O)c2ccc3ccccc3c2)c1)C(=O)Nc1ccc(-c2nc3ccccc3o2)cc1. The number of hydrogen-bond acceptors (Lipinski definition) is 5. The molecule has 1 unspecified atom stereocenters. The Hall–Kier alpha value is -4.88. The Bertz CT molecular complexity index is 1830. The molecule has 0 aliphatic rings. The fraction of sp³-hybridized carbons (Fsp3) is 0.0882. The van der Waals surface area contributed by atoms with Gasteiger partial charge in [0.15, 0.2) is 5.58 Å². The van der Waals surface area contributed by atoms with Crippen LogP contribution in [0.3, 0.4) is 0 Å². The molecule has 7 heteroatoms. The zero-order valence-corrected chi connectivity index (χ0v) is 23.2. The molecule has 2 amide bonds. The lowest BCUT2D eigenvalue weighted by molar-refractivity contribution is -0.115. The van der Waals surface area contributed by atoms with Crippen LogP contribution >= 0.6 is 11.8 Å². The Morgan fingerprint density at radius 1 is 0.780 bits per heavy atom. The number of oxazole rings is 1. The minimum Gasteiger partial charge on any atom is -0.436 e. The van der Waals surface area contributed by atoms with Gasteiger partial charge in [-0.05, 0) is 83.9 Å². The molecule has 6 rings (SSSR count). The van der Waals surface area contributed by atoms with Gasteiger partial charge < -0.3 is 15.1 Å². The van der Waals surface area contributed by atoms with Crippen LogP contribution in [-0.4, -0.2) is 22.0 Å². The molecule has 1 aromatic heterocycles. The van der Waals surface area contributed by atoms with E-state index in [0.29, 0.717) is 29.2 Å². The summed E-state index contributed by atoms with van der Waals surface area (Å²) in [6.45, 7) is 1.99. The molecule has 0 aliphatic carbocycles. The first-order valence-corrected chi connectivity index (χ1v) is 14.3. The lowest BCUT2D eigenvalue weighted by Gasteiger charge is -2.16. The van der Waals surface area contributed by atoms with Crippen LogP contribution in [0.4, 0.5) is 11.4 Å². The van der Waals surface area contributed by atoms with Gasteiger partial charge in [0.05, 0.1) is 5.25 Å². The number of carbonyl (C=O) groups excluding carboxylic acids is 2. The molecular formula is C34H27N3O3S. The third kappa shape index (κ3) is 6.00. The van der Waals surface area contributed by atoms with Gasteiger partial charge >= 0.3 is 0 Å². The number of amides is 2. The van der Waals surface area contributed by atoms with Crippen molar-refractivity contribution in [2.75, 3.05) is 10.6 Å². The van der Waals surface area contributed by atoms with Crippen LogP contribution in [0.1, 0.15) is 23.7 Å². The molecule has 0 spiro atoms. The minimum absolute atomic E-state index is 0.0854. The lowest BCUT2D eigenvalue weighted by Crippen LogP contribution is -2.24. The van der Waals surface area contributed by atoms with Gasteiger partial charge in [0.1, 0.15) is 5.52 Å². The topological polar surface area (TPSA) is 84.2 Å². The number of nitrogens with zero attached hydrogens (tertiary/aromatic N) is 1. The first-order valence-electron chi connectivity index (χ1n) is 13.4. The Labute approximate surface area is 241 Å². The predicted molar refractivity (Wildman–Crippen MR) is 166 cm³/mol. The van der Waals surface area contributed by atoms with Crippen molar-refractivity contribution < 1.29 is 14.0 Å². The van der Waals surface area contributed by atoms with Gasteiger partial charge in [-0.15, -0.1) is 11.8 Å². The second kappa shape index (κ2) is 11.7. The Morgan fingerprint density at radius 2 is 1.56 bits per heavy atom. The molecule has 0 radical (unpaired) electrons. The summed E-state index contributed by atoms with van der Waals surface area (Å²) in [5.74, 6) is 0.278. The van der Waals surface area contributed by atoms with Crippen molar-refractivity contribution in [3.63, 3.8) is 0 Å². The summed E-state index contributed by atoms with van der Waals surface area (Å²) in [7, 11) is 0. The average molecular weight is 558 g/mol. The molecule has 0 aliphatic heterocycles. The van der Waals surface area contributed by atoms with Crippen molar-refractivity contribution in [2.45, 2.75) is 23.5 Å².